The largest absolute Gasteiger partial charge is 0.388 e. The second kappa shape index (κ2) is 7.40. The quantitative estimate of drug-likeness (QED) is 0.631. The number of hydrogen-bond donors (Lipinski definition) is 3. The molecule has 1 unspecified atom stereocenters. The highest BCUT2D eigenvalue weighted by Gasteiger charge is 2.44. The van der Waals surface area contributed by atoms with Crippen molar-refractivity contribution >= 4 is 13.2 Å². The summed E-state index contributed by atoms with van der Waals surface area (Å²) in [6.45, 7) is 5.28. The average molecular weight is 358 g/mol. The van der Waals surface area contributed by atoms with Crippen molar-refractivity contribution in [3.63, 3.8) is 0 Å². The number of nitrogens with zero attached hydrogens (tertiary/aromatic N) is 1. The Kier molecular flexibility index (Phi) is 5.91. The van der Waals surface area contributed by atoms with E-state index in [0.717, 1.165) is 12.6 Å². The van der Waals surface area contributed by atoms with Crippen molar-refractivity contribution in [1.82, 2.24) is 9.55 Å². The van der Waals surface area contributed by atoms with E-state index in [-0.39, 0.29) is 5.56 Å². The van der Waals surface area contributed by atoms with Gasteiger partial charge in [-0.15, -0.1) is 13.2 Å². The van der Waals surface area contributed by atoms with Crippen LogP contribution in [0.4, 0.5) is 0 Å². The molecule has 7 nitrogen and oxygen atoms in total. The van der Waals surface area contributed by atoms with Gasteiger partial charge >= 0.3 is 5.69 Å². The molecule has 1 fully saturated rings. The smallest absolute Gasteiger partial charge is 0.328 e. The number of rotatable bonds is 6. The third-order valence-electron chi connectivity index (χ3n) is 4.19. The van der Waals surface area contributed by atoms with Gasteiger partial charge in [0.2, 0.25) is 0 Å². The van der Waals surface area contributed by atoms with Crippen molar-refractivity contribution in [2.45, 2.75) is 50.7 Å². The molecule has 3 N–H and O–H groups in total. The topological polar surface area (TPSA) is 105 Å². The van der Waals surface area contributed by atoms with Crippen molar-refractivity contribution in [3.05, 3.63) is 32.6 Å². The summed E-state index contributed by atoms with van der Waals surface area (Å²) in [6.07, 6.45) is 3.93. The molecule has 1 aromatic heterocycles. The van der Waals surface area contributed by atoms with Gasteiger partial charge in [-0.05, 0) is 32.3 Å². The lowest BCUT2D eigenvalue weighted by Crippen LogP contribution is -2.35. The molecule has 0 spiro atoms. The summed E-state index contributed by atoms with van der Waals surface area (Å²) in [5.41, 5.74) is -0.909. The first-order valence-corrected chi connectivity index (χ1v) is 11.2. The fourth-order valence-electron chi connectivity index (χ4n) is 2.86. The molecule has 8 heteroatoms. The molecule has 0 saturated carbocycles. The molecule has 2 heterocycles. The molecule has 24 heavy (non-hydrogen) atoms. The van der Waals surface area contributed by atoms with Gasteiger partial charge in [0, 0.05) is 12.7 Å². The number of aliphatic hydroxyl groups is 2. The lowest BCUT2D eigenvalue weighted by atomic mass is 10.0. The molecule has 0 aliphatic carbocycles. The first-order valence-electron chi connectivity index (χ1n) is 8.16. The first kappa shape index (κ1) is 19.2. The Bertz CT molecular complexity index is 735. The predicted molar refractivity (Wildman–Crippen MR) is 96.6 cm³/mol. The number of aliphatic hydroxyl groups excluding tert-OH is 2. The van der Waals surface area contributed by atoms with Crippen LogP contribution in [0.3, 0.4) is 0 Å². The number of aromatic amines is 1. The SMILES string of the molecule is C=P(C)(C)CCC1O[C@@H](c2cn(CCC)c(=O)[nH]c2=O)[C@H](O)[C@@H]1O. The van der Waals surface area contributed by atoms with E-state index in [0.29, 0.717) is 13.0 Å². The van der Waals surface area contributed by atoms with Crippen LogP contribution in [0.5, 0.6) is 0 Å². The first-order chi connectivity index (χ1) is 11.1. The molecule has 0 radical (unpaired) electrons. The van der Waals surface area contributed by atoms with E-state index < -0.39 is 42.6 Å². The van der Waals surface area contributed by atoms with E-state index in [1.165, 1.54) is 10.8 Å². The van der Waals surface area contributed by atoms with Crippen LogP contribution in [-0.2, 0) is 11.3 Å². The molecular weight excluding hydrogens is 331 g/mol. The van der Waals surface area contributed by atoms with Crippen molar-refractivity contribution in [1.29, 1.82) is 0 Å². The number of H-pyrrole nitrogens is 1. The normalized spacial score (nSPS) is 27.5. The molecule has 136 valence electrons. The fraction of sp³-hybridized carbons (Fsp3) is 0.688. The highest BCUT2D eigenvalue weighted by atomic mass is 31.2. The van der Waals surface area contributed by atoms with Crippen LogP contribution in [0.2, 0.25) is 0 Å². The summed E-state index contributed by atoms with van der Waals surface area (Å²) >= 11 is 0. The maximum atomic E-state index is 12.1. The van der Waals surface area contributed by atoms with Gasteiger partial charge in [-0.3, -0.25) is 9.78 Å². The Hall–Kier alpha value is -1.14. The van der Waals surface area contributed by atoms with Crippen molar-refractivity contribution < 1.29 is 14.9 Å². The highest BCUT2D eigenvalue weighted by Crippen LogP contribution is 2.40. The molecule has 1 aromatic rings. The van der Waals surface area contributed by atoms with E-state index in [4.69, 9.17) is 4.74 Å². The van der Waals surface area contributed by atoms with E-state index in [9.17, 15) is 19.8 Å². The summed E-state index contributed by atoms with van der Waals surface area (Å²) in [7, 11) is 0. The molecule has 0 aromatic carbocycles. The van der Waals surface area contributed by atoms with E-state index in [1.807, 2.05) is 6.92 Å². The van der Waals surface area contributed by atoms with Crippen molar-refractivity contribution in [2.75, 3.05) is 19.5 Å². The van der Waals surface area contributed by atoms with Gasteiger partial charge in [0.15, 0.2) is 0 Å². The molecule has 1 saturated heterocycles. The fourth-order valence-corrected chi connectivity index (χ4v) is 3.81. The van der Waals surface area contributed by atoms with Crippen LogP contribution in [0.1, 0.15) is 31.4 Å². The van der Waals surface area contributed by atoms with Crippen molar-refractivity contribution in [2.24, 2.45) is 0 Å². The van der Waals surface area contributed by atoms with Crippen LogP contribution in [0, 0.1) is 0 Å². The summed E-state index contributed by atoms with van der Waals surface area (Å²) in [5, 5.41) is 20.5. The number of aromatic nitrogens is 2. The van der Waals surface area contributed by atoms with Crippen LogP contribution < -0.4 is 11.2 Å². The number of aryl methyl sites for hydroxylation is 1. The minimum Gasteiger partial charge on any atom is -0.388 e. The van der Waals surface area contributed by atoms with Crippen LogP contribution in [0.15, 0.2) is 15.8 Å². The van der Waals surface area contributed by atoms with E-state index in [2.05, 4.69) is 24.6 Å². The second-order valence-corrected chi connectivity index (χ2v) is 11.4. The van der Waals surface area contributed by atoms with Gasteiger partial charge in [0.1, 0.15) is 18.3 Å². The lowest BCUT2D eigenvalue weighted by Gasteiger charge is -2.18. The third-order valence-corrected chi connectivity index (χ3v) is 5.66. The zero-order valence-electron chi connectivity index (χ0n) is 14.4. The molecule has 0 amide bonds. The Morgan fingerprint density at radius 1 is 1.33 bits per heavy atom. The Labute approximate surface area is 141 Å². The monoisotopic (exact) mass is 358 g/mol. The molecule has 0 bridgehead atoms. The zero-order valence-corrected chi connectivity index (χ0v) is 15.3. The molecule has 1 aliphatic heterocycles. The summed E-state index contributed by atoms with van der Waals surface area (Å²) in [5.74, 6) is 0. The predicted octanol–water partition coefficient (Wildman–Crippen LogP) is 0.208. The minimum absolute atomic E-state index is 0.167. The summed E-state index contributed by atoms with van der Waals surface area (Å²) in [4.78, 5) is 26.1. The number of nitrogens with one attached hydrogen (secondary N) is 1. The molecule has 2 rings (SSSR count). The molecule has 4 atom stereocenters. The minimum atomic E-state index is -1.28. The number of hydrogen-bond acceptors (Lipinski definition) is 5. The van der Waals surface area contributed by atoms with Gasteiger partial charge in [0.25, 0.3) is 5.56 Å². The molecule has 1 aliphatic rings. The maximum absolute atomic E-state index is 12.1. The van der Waals surface area contributed by atoms with Gasteiger partial charge in [-0.25, -0.2) is 4.79 Å². The van der Waals surface area contributed by atoms with Gasteiger partial charge < -0.3 is 19.5 Å². The third kappa shape index (κ3) is 4.28. The van der Waals surface area contributed by atoms with Gasteiger partial charge in [-0.2, -0.15) is 0 Å². The lowest BCUT2D eigenvalue weighted by molar-refractivity contribution is 0.00493. The van der Waals surface area contributed by atoms with Gasteiger partial charge in [0.05, 0.1) is 11.7 Å². The highest BCUT2D eigenvalue weighted by molar-refractivity contribution is 7.72. The summed E-state index contributed by atoms with van der Waals surface area (Å²) < 4.78 is 7.16. The standard InChI is InChI=1S/C16H27N2O5P/c1-5-7-18-9-10(15(21)17-16(18)22)14-13(20)12(19)11(23-14)6-8-24(2,3)4/h9,11-14,19-20H,2,5-8H2,1,3-4H3,(H,17,21,22)/t11?,12-,13-,14+/m1/s1. The van der Waals surface area contributed by atoms with Crippen LogP contribution in [0.25, 0.3) is 0 Å². The van der Waals surface area contributed by atoms with Crippen LogP contribution in [-0.4, -0.2) is 63.9 Å². The second-order valence-electron chi connectivity index (χ2n) is 7.06. The Balaban J connectivity index is 2.26. The number of ether oxygens (including phenoxy) is 1. The summed E-state index contributed by atoms with van der Waals surface area (Å²) in [6, 6.07) is 0. The Morgan fingerprint density at radius 2 is 2.00 bits per heavy atom. The molecular formula is C16H27N2O5P. The Morgan fingerprint density at radius 3 is 2.58 bits per heavy atom. The zero-order chi connectivity index (χ0) is 18.1. The van der Waals surface area contributed by atoms with Crippen molar-refractivity contribution in [3.8, 4) is 0 Å². The van der Waals surface area contributed by atoms with E-state index in [1.54, 1.807) is 0 Å². The maximum Gasteiger partial charge on any atom is 0.328 e. The average Bonchev–Trinajstić information content (AvgIpc) is 2.75. The van der Waals surface area contributed by atoms with Gasteiger partial charge in [-0.1, -0.05) is 6.92 Å². The van der Waals surface area contributed by atoms with E-state index >= 15 is 0 Å². The van der Waals surface area contributed by atoms with Crippen LogP contribution >= 0.6 is 6.89 Å².